The first kappa shape index (κ1) is 18.9. The minimum atomic E-state index is -0.545. The van der Waals surface area contributed by atoms with Crippen molar-refractivity contribution in [3.05, 3.63) is 59.9 Å². The van der Waals surface area contributed by atoms with Gasteiger partial charge in [0.2, 0.25) is 0 Å². The van der Waals surface area contributed by atoms with Crippen LogP contribution >= 0.6 is 0 Å². The molecule has 1 saturated heterocycles. The van der Waals surface area contributed by atoms with Gasteiger partial charge in [0.25, 0.3) is 5.91 Å². The molecule has 2 aromatic carbocycles. The highest BCUT2D eigenvalue weighted by molar-refractivity contribution is 5.96. The maximum Gasteiger partial charge on any atom is 0.409 e. The van der Waals surface area contributed by atoms with E-state index >= 15 is 0 Å². The van der Waals surface area contributed by atoms with Crippen LogP contribution < -0.4 is 5.32 Å². The first-order valence-corrected chi connectivity index (χ1v) is 9.16. The summed E-state index contributed by atoms with van der Waals surface area (Å²) in [6.07, 6.45) is 0.902. The standard InChI is InChI=1S/C21H23FN2O3/c1-2-27-21(26)24-12-10-17(11-13-24)23-20(25)18-14-16(8-9-19(18)22)15-6-4-3-5-7-15/h3-9,14,17H,2,10-13H2,1H3,(H,23,25). The molecule has 0 aromatic heterocycles. The Morgan fingerprint density at radius 3 is 2.48 bits per heavy atom. The van der Waals surface area contributed by atoms with E-state index in [0.29, 0.717) is 32.5 Å². The van der Waals surface area contributed by atoms with Crippen LogP contribution in [0.15, 0.2) is 48.5 Å². The fourth-order valence-corrected chi connectivity index (χ4v) is 3.19. The Morgan fingerprint density at radius 2 is 1.81 bits per heavy atom. The number of piperidine rings is 1. The van der Waals surface area contributed by atoms with Crippen molar-refractivity contribution in [2.24, 2.45) is 0 Å². The van der Waals surface area contributed by atoms with Gasteiger partial charge in [0.05, 0.1) is 12.2 Å². The lowest BCUT2D eigenvalue weighted by atomic mass is 10.0. The van der Waals surface area contributed by atoms with E-state index in [1.54, 1.807) is 24.0 Å². The van der Waals surface area contributed by atoms with Crippen LogP contribution in [-0.2, 0) is 4.74 Å². The summed E-state index contributed by atoms with van der Waals surface area (Å²) < 4.78 is 19.2. The molecule has 6 heteroatoms. The van der Waals surface area contributed by atoms with E-state index in [-0.39, 0.29) is 17.7 Å². The molecule has 0 saturated carbocycles. The van der Waals surface area contributed by atoms with E-state index < -0.39 is 11.7 Å². The van der Waals surface area contributed by atoms with Crippen molar-refractivity contribution in [1.82, 2.24) is 10.2 Å². The molecule has 2 amide bonds. The van der Waals surface area contributed by atoms with Gasteiger partial charge in [-0.25, -0.2) is 9.18 Å². The molecule has 1 fully saturated rings. The lowest BCUT2D eigenvalue weighted by Crippen LogP contribution is -2.46. The summed E-state index contributed by atoms with van der Waals surface area (Å²) >= 11 is 0. The lowest BCUT2D eigenvalue weighted by Gasteiger charge is -2.31. The van der Waals surface area contributed by atoms with Crippen LogP contribution in [0.5, 0.6) is 0 Å². The molecular weight excluding hydrogens is 347 g/mol. The molecule has 0 radical (unpaired) electrons. The number of ether oxygens (including phenoxy) is 1. The molecule has 1 heterocycles. The van der Waals surface area contributed by atoms with Crippen molar-refractivity contribution < 1.29 is 18.7 Å². The zero-order chi connectivity index (χ0) is 19.2. The van der Waals surface area contributed by atoms with Crippen molar-refractivity contribution >= 4 is 12.0 Å². The molecule has 1 aliphatic rings. The number of halogens is 1. The fraction of sp³-hybridized carbons (Fsp3) is 0.333. The summed E-state index contributed by atoms with van der Waals surface area (Å²) in [6, 6.07) is 14.0. The van der Waals surface area contributed by atoms with Gasteiger partial charge in [0.15, 0.2) is 0 Å². The smallest absolute Gasteiger partial charge is 0.409 e. The summed E-state index contributed by atoms with van der Waals surface area (Å²) in [5.41, 5.74) is 1.75. The van der Waals surface area contributed by atoms with Crippen molar-refractivity contribution in [3.8, 4) is 11.1 Å². The largest absolute Gasteiger partial charge is 0.450 e. The minimum Gasteiger partial charge on any atom is -0.450 e. The SMILES string of the molecule is CCOC(=O)N1CCC(NC(=O)c2cc(-c3ccccc3)ccc2F)CC1. The Morgan fingerprint density at radius 1 is 1.11 bits per heavy atom. The summed E-state index contributed by atoms with van der Waals surface area (Å²) in [5, 5.41) is 2.89. The molecule has 0 unspecified atom stereocenters. The number of hydrogen-bond donors (Lipinski definition) is 1. The predicted octanol–water partition coefficient (Wildman–Crippen LogP) is 3.84. The Kier molecular flexibility index (Phi) is 6.06. The molecule has 0 atom stereocenters. The Balaban J connectivity index is 1.64. The van der Waals surface area contributed by atoms with Gasteiger partial charge in [0.1, 0.15) is 5.82 Å². The summed E-state index contributed by atoms with van der Waals surface area (Å²) in [7, 11) is 0. The van der Waals surface area contributed by atoms with Gasteiger partial charge in [-0.15, -0.1) is 0 Å². The van der Waals surface area contributed by atoms with E-state index in [2.05, 4.69) is 5.32 Å². The third kappa shape index (κ3) is 4.64. The molecule has 0 bridgehead atoms. The Labute approximate surface area is 158 Å². The maximum atomic E-state index is 14.2. The number of nitrogens with one attached hydrogen (secondary N) is 1. The number of carbonyl (C=O) groups excluding carboxylic acids is 2. The second kappa shape index (κ2) is 8.66. The van der Waals surface area contributed by atoms with Crippen LogP contribution in [-0.4, -0.2) is 42.6 Å². The van der Waals surface area contributed by atoms with Crippen molar-refractivity contribution in [2.45, 2.75) is 25.8 Å². The molecule has 5 nitrogen and oxygen atoms in total. The van der Waals surface area contributed by atoms with E-state index in [9.17, 15) is 14.0 Å². The number of amides is 2. The van der Waals surface area contributed by atoms with Gasteiger partial charge >= 0.3 is 6.09 Å². The van der Waals surface area contributed by atoms with E-state index in [4.69, 9.17) is 4.74 Å². The average Bonchev–Trinajstić information content (AvgIpc) is 2.69. The van der Waals surface area contributed by atoms with Gasteiger partial charge in [-0.05, 0) is 43.0 Å². The van der Waals surface area contributed by atoms with Gasteiger partial charge in [-0.2, -0.15) is 0 Å². The van der Waals surface area contributed by atoms with Crippen LogP contribution in [0, 0.1) is 5.82 Å². The van der Waals surface area contributed by atoms with Crippen LogP contribution in [0.1, 0.15) is 30.1 Å². The van der Waals surface area contributed by atoms with Crippen LogP contribution in [0.2, 0.25) is 0 Å². The second-order valence-electron chi connectivity index (χ2n) is 6.49. The van der Waals surface area contributed by atoms with Crippen LogP contribution in [0.3, 0.4) is 0 Å². The summed E-state index contributed by atoms with van der Waals surface area (Å²) in [4.78, 5) is 25.9. The first-order chi connectivity index (χ1) is 13.1. The van der Waals surface area contributed by atoms with E-state index in [0.717, 1.165) is 11.1 Å². The molecule has 1 N–H and O–H groups in total. The topological polar surface area (TPSA) is 58.6 Å². The van der Waals surface area contributed by atoms with Gasteiger partial charge < -0.3 is 15.0 Å². The van der Waals surface area contributed by atoms with Crippen molar-refractivity contribution in [1.29, 1.82) is 0 Å². The molecule has 142 valence electrons. The summed E-state index contributed by atoms with van der Waals surface area (Å²) in [5.74, 6) is -0.976. The van der Waals surface area contributed by atoms with Crippen LogP contribution in [0.25, 0.3) is 11.1 Å². The first-order valence-electron chi connectivity index (χ1n) is 9.16. The number of hydrogen-bond acceptors (Lipinski definition) is 3. The van der Waals surface area contributed by atoms with Gasteiger partial charge in [0, 0.05) is 19.1 Å². The highest BCUT2D eigenvalue weighted by Crippen LogP contribution is 2.22. The number of carbonyl (C=O) groups is 2. The average molecular weight is 370 g/mol. The molecule has 27 heavy (non-hydrogen) atoms. The summed E-state index contributed by atoms with van der Waals surface area (Å²) in [6.45, 7) is 3.13. The third-order valence-electron chi connectivity index (χ3n) is 4.67. The monoisotopic (exact) mass is 370 g/mol. The third-order valence-corrected chi connectivity index (χ3v) is 4.67. The number of nitrogens with zero attached hydrogens (tertiary/aromatic N) is 1. The predicted molar refractivity (Wildman–Crippen MR) is 101 cm³/mol. The fourth-order valence-electron chi connectivity index (χ4n) is 3.19. The quantitative estimate of drug-likeness (QED) is 0.890. The molecule has 1 aliphatic heterocycles. The van der Waals surface area contributed by atoms with Gasteiger partial charge in [-0.3, -0.25) is 4.79 Å². The van der Waals surface area contributed by atoms with Crippen molar-refractivity contribution in [2.75, 3.05) is 19.7 Å². The van der Waals surface area contributed by atoms with Gasteiger partial charge in [-0.1, -0.05) is 36.4 Å². The number of benzene rings is 2. The highest BCUT2D eigenvalue weighted by atomic mass is 19.1. The lowest BCUT2D eigenvalue weighted by molar-refractivity contribution is 0.0857. The molecule has 2 aromatic rings. The Hall–Kier alpha value is -2.89. The van der Waals surface area contributed by atoms with E-state index in [1.165, 1.54) is 6.07 Å². The number of rotatable bonds is 4. The highest BCUT2D eigenvalue weighted by Gasteiger charge is 2.25. The molecule has 3 rings (SSSR count). The molecular formula is C21H23FN2O3. The van der Waals surface area contributed by atoms with Crippen molar-refractivity contribution in [3.63, 3.8) is 0 Å². The molecule has 0 aliphatic carbocycles. The zero-order valence-electron chi connectivity index (χ0n) is 15.3. The second-order valence-corrected chi connectivity index (χ2v) is 6.49. The Bertz CT molecular complexity index is 802. The van der Waals surface area contributed by atoms with Crippen LogP contribution in [0.4, 0.5) is 9.18 Å². The number of likely N-dealkylation sites (tertiary alicyclic amines) is 1. The van der Waals surface area contributed by atoms with E-state index in [1.807, 2.05) is 30.3 Å². The minimum absolute atomic E-state index is 0.0316. The zero-order valence-corrected chi connectivity index (χ0v) is 15.3. The normalized spacial score (nSPS) is 14.7. The maximum absolute atomic E-state index is 14.2. The molecule has 0 spiro atoms.